The summed E-state index contributed by atoms with van der Waals surface area (Å²) in [5, 5.41) is 3.99. The maximum absolute atomic E-state index is 13.6. The Bertz CT molecular complexity index is 1060. The lowest BCUT2D eigenvalue weighted by atomic mass is 10.1. The van der Waals surface area contributed by atoms with Gasteiger partial charge in [-0.25, -0.2) is 9.07 Å². The smallest absolute Gasteiger partial charge is 0.429 e. The van der Waals surface area contributed by atoms with Crippen molar-refractivity contribution in [1.82, 2.24) is 9.78 Å². The Labute approximate surface area is 197 Å². The number of nitrogens with zero attached hydrogens (tertiary/aromatic N) is 2. The minimum absolute atomic E-state index is 0.0702. The molecule has 1 heterocycles. The Morgan fingerprint density at radius 1 is 1.06 bits per heavy atom. The number of hydrogen-bond donors (Lipinski definition) is 0. The lowest BCUT2D eigenvalue weighted by Crippen LogP contribution is -2.48. The normalized spacial score (nSPS) is 14.2. The van der Waals surface area contributed by atoms with E-state index >= 15 is 0 Å². The van der Waals surface area contributed by atoms with Crippen LogP contribution in [0.1, 0.15) is 26.3 Å². The molecule has 0 radical (unpaired) electrons. The molecule has 34 heavy (non-hydrogen) atoms. The minimum Gasteiger partial charge on any atom is -0.429 e. The summed E-state index contributed by atoms with van der Waals surface area (Å²) in [7, 11) is 0. The third kappa shape index (κ3) is 6.75. The molecule has 0 amide bonds. The lowest BCUT2D eigenvalue weighted by Gasteiger charge is -2.26. The first-order valence-electron chi connectivity index (χ1n) is 9.18. The summed E-state index contributed by atoms with van der Waals surface area (Å²) in [6, 6.07) is 4.31. The SMILES string of the molecule is CC(C)(C)n1ncc(SCc2ccc(OC(F)(F)C(F)OC(F)(F)C(F)(F)F)cc2)c(Cl)c1=O. The molecule has 0 aliphatic heterocycles. The van der Waals surface area contributed by atoms with Crippen LogP contribution in [0.5, 0.6) is 5.75 Å². The Kier molecular flexibility index (Phi) is 8.20. The second-order valence-corrected chi connectivity index (χ2v) is 9.15. The molecule has 5 nitrogen and oxygen atoms in total. The summed E-state index contributed by atoms with van der Waals surface area (Å²) in [6.45, 7) is 5.28. The summed E-state index contributed by atoms with van der Waals surface area (Å²) in [6.07, 6.45) is -20.7. The highest BCUT2D eigenvalue weighted by Gasteiger charge is 2.64. The fourth-order valence-electron chi connectivity index (χ4n) is 2.28. The van der Waals surface area contributed by atoms with Crippen LogP contribution in [0, 0.1) is 0 Å². The number of alkyl halides is 8. The highest BCUT2D eigenvalue weighted by molar-refractivity contribution is 7.98. The number of aromatic nitrogens is 2. The zero-order valence-electron chi connectivity index (χ0n) is 17.6. The first-order valence-corrected chi connectivity index (χ1v) is 10.5. The van der Waals surface area contributed by atoms with Crippen LogP contribution in [0.3, 0.4) is 0 Å². The summed E-state index contributed by atoms with van der Waals surface area (Å²) >= 11 is 7.20. The number of halogens is 9. The molecule has 1 atom stereocenters. The Morgan fingerprint density at radius 3 is 2.12 bits per heavy atom. The molecule has 190 valence electrons. The van der Waals surface area contributed by atoms with Gasteiger partial charge in [0.2, 0.25) is 0 Å². The van der Waals surface area contributed by atoms with Gasteiger partial charge in [0.15, 0.2) is 0 Å². The molecule has 1 aromatic heterocycles. The van der Waals surface area contributed by atoms with E-state index < -0.39 is 41.6 Å². The van der Waals surface area contributed by atoms with Crippen LogP contribution in [0.2, 0.25) is 5.02 Å². The van der Waals surface area contributed by atoms with E-state index in [9.17, 15) is 39.9 Å². The van der Waals surface area contributed by atoms with Crippen LogP contribution >= 0.6 is 23.4 Å². The van der Waals surface area contributed by atoms with E-state index in [4.69, 9.17) is 11.6 Å². The van der Waals surface area contributed by atoms with Gasteiger partial charge in [0, 0.05) is 5.75 Å². The van der Waals surface area contributed by atoms with Gasteiger partial charge in [-0.3, -0.25) is 9.53 Å². The Morgan fingerprint density at radius 2 is 1.62 bits per heavy atom. The van der Waals surface area contributed by atoms with Crippen LogP contribution in [-0.2, 0) is 16.0 Å². The first-order chi connectivity index (χ1) is 15.3. The summed E-state index contributed by atoms with van der Waals surface area (Å²) in [5.74, 6) is -0.545. The lowest BCUT2D eigenvalue weighted by molar-refractivity contribution is -0.442. The molecular weight excluding hydrogens is 524 g/mol. The van der Waals surface area contributed by atoms with Gasteiger partial charge in [-0.2, -0.15) is 35.8 Å². The van der Waals surface area contributed by atoms with Crippen molar-refractivity contribution in [3.63, 3.8) is 0 Å². The molecule has 0 N–H and O–H groups in total. The minimum atomic E-state index is -6.40. The van der Waals surface area contributed by atoms with Gasteiger partial charge in [0.25, 0.3) is 5.56 Å². The molecule has 0 spiro atoms. The number of rotatable bonds is 8. The van der Waals surface area contributed by atoms with Crippen molar-refractivity contribution in [3.8, 4) is 5.75 Å². The second-order valence-electron chi connectivity index (χ2n) is 7.76. The fraction of sp³-hybridized carbons (Fsp3) is 0.474. The third-order valence-electron chi connectivity index (χ3n) is 3.94. The predicted molar refractivity (Wildman–Crippen MR) is 107 cm³/mol. The first kappa shape index (κ1) is 28.2. The van der Waals surface area contributed by atoms with E-state index in [1.807, 2.05) is 0 Å². The summed E-state index contributed by atoms with van der Waals surface area (Å²) in [5.41, 5.74) is -0.619. The van der Waals surface area contributed by atoms with E-state index in [1.54, 1.807) is 20.8 Å². The van der Waals surface area contributed by atoms with Crippen LogP contribution in [0.15, 0.2) is 40.2 Å². The van der Waals surface area contributed by atoms with Gasteiger partial charge >= 0.3 is 24.8 Å². The highest BCUT2D eigenvalue weighted by atomic mass is 35.5. The quantitative estimate of drug-likeness (QED) is 0.287. The predicted octanol–water partition coefficient (Wildman–Crippen LogP) is 6.38. The van der Waals surface area contributed by atoms with Crippen molar-refractivity contribution in [3.05, 3.63) is 51.4 Å². The van der Waals surface area contributed by atoms with Crippen LogP contribution in [-0.4, -0.2) is 34.5 Å². The van der Waals surface area contributed by atoms with Gasteiger partial charge in [-0.15, -0.1) is 11.8 Å². The molecule has 0 saturated carbocycles. The highest BCUT2D eigenvalue weighted by Crippen LogP contribution is 2.40. The maximum atomic E-state index is 13.6. The molecule has 2 rings (SSSR count). The topological polar surface area (TPSA) is 53.4 Å². The largest absolute Gasteiger partial charge is 0.483 e. The van der Waals surface area contributed by atoms with Gasteiger partial charge in [0.1, 0.15) is 10.8 Å². The van der Waals surface area contributed by atoms with E-state index in [2.05, 4.69) is 14.6 Å². The van der Waals surface area contributed by atoms with Crippen LogP contribution < -0.4 is 10.3 Å². The molecule has 0 bridgehead atoms. The Balaban J connectivity index is 2.04. The second kappa shape index (κ2) is 9.90. The molecular formula is C19H17ClF8N2O3S. The van der Waals surface area contributed by atoms with Gasteiger partial charge < -0.3 is 4.74 Å². The van der Waals surface area contributed by atoms with Crippen molar-refractivity contribution in [2.24, 2.45) is 0 Å². The number of ether oxygens (including phenoxy) is 2. The van der Waals surface area contributed by atoms with E-state index in [-0.39, 0.29) is 10.8 Å². The van der Waals surface area contributed by atoms with Gasteiger partial charge in [-0.1, -0.05) is 23.7 Å². The van der Waals surface area contributed by atoms with Crippen molar-refractivity contribution in [1.29, 1.82) is 0 Å². The fourth-order valence-corrected chi connectivity index (χ4v) is 3.42. The molecule has 0 aliphatic rings. The molecule has 1 aromatic carbocycles. The maximum Gasteiger partial charge on any atom is 0.483 e. The van der Waals surface area contributed by atoms with Crippen molar-refractivity contribution in [2.75, 3.05) is 0 Å². The molecule has 2 aromatic rings. The average molecular weight is 541 g/mol. The van der Waals surface area contributed by atoms with Crippen molar-refractivity contribution in [2.45, 2.75) is 61.7 Å². The van der Waals surface area contributed by atoms with E-state index in [1.165, 1.54) is 23.0 Å². The molecule has 0 aliphatic carbocycles. The summed E-state index contributed by atoms with van der Waals surface area (Å²) in [4.78, 5) is 12.7. The summed E-state index contributed by atoms with van der Waals surface area (Å²) < 4.78 is 110. The van der Waals surface area contributed by atoms with Crippen molar-refractivity contribution >= 4 is 23.4 Å². The van der Waals surface area contributed by atoms with Gasteiger partial charge in [-0.05, 0) is 38.5 Å². The van der Waals surface area contributed by atoms with Gasteiger partial charge in [0.05, 0.1) is 16.6 Å². The number of thioether (sulfide) groups is 1. The monoisotopic (exact) mass is 540 g/mol. The Hall–Kier alpha value is -2.06. The standard InChI is InChI=1S/C19H17ClF8N2O3S/c1-16(2,3)30-14(31)13(20)12(8-29-30)34-9-10-4-6-11(7-5-10)32-17(22,23)15(21)33-19(27,28)18(24,25)26/h4-8,15H,9H2,1-3H3. The molecule has 15 heteroatoms. The molecule has 0 fully saturated rings. The number of benzene rings is 1. The molecule has 1 unspecified atom stereocenters. The van der Waals surface area contributed by atoms with Crippen molar-refractivity contribution < 1.29 is 44.6 Å². The molecule has 0 saturated heterocycles. The zero-order valence-corrected chi connectivity index (χ0v) is 19.2. The zero-order chi connectivity index (χ0) is 26.1. The number of hydrogen-bond acceptors (Lipinski definition) is 5. The van der Waals surface area contributed by atoms with Crippen LogP contribution in [0.25, 0.3) is 0 Å². The van der Waals surface area contributed by atoms with E-state index in [0.717, 1.165) is 23.9 Å². The average Bonchev–Trinajstić information content (AvgIpc) is 2.67. The third-order valence-corrected chi connectivity index (χ3v) is 5.52. The van der Waals surface area contributed by atoms with Crippen LogP contribution in [0.4, 0.5) is 35.1 Å². The van der Waals surface area contributed by atoms with E-state index in [0.29, 0.717) is 10.5 Å².